The minimum Gasteiger partial charge on any atom is -0.317 e. The molecule has 0 bridgehead atoms. The molecule has 0 aliphatic heterocycles. The number of carbonyl (C=O) groups is 1. The van der Waals surface area contributed by atoms with Crippen LogP contribution in [0.3, 0.4) is 0 Å². The fourth-order valence-corrected chi connectivity index (χ4v) is 3.94. The molecule has 3 aromatic rings. The molecule has 2 heterocycles. The van der Waals surface area contributed by atoms with Crippen LogP contribution in [-0.4, -0.2) is 26.9 Å². The molecule has 1 N–H and O–H groups in total. The van der Waals surface area contributed by atoms with Gasteiger partial charge in [-0.25, -0.2) is 0 Å². The van der Waals surface area contributed by atoms with Crippen molar-refractivity contribution in [2.75, 3.05) is 11.6 Å². The Morgan fingerprint density at radius 3 is 2.56 bits per heavy atom. The third-order valence-corrected chi connectivity index (χ3v) is 5.74. The molecule has 5 nitrogen and oxygen atoms in total. The van der Waals surface area contributed by atoms with Gasteiger partial charge in [-0.2, -0.15) is 13.2 Å². The SMILES string of the molecule is CSc1nnc(NC(=O)c2cc(C)n(-c3ccccc3C(F)(F)F)c2C)s1. The number of hydrogen-bond donors (Lipinski definition) is 1. The molecule has 0 atom stereocenters. The van der Waals surface area contributed by atoms with Crippen molar-refractivity contribution < 1.29 is 18.0 Å². The van der Waals surface area contributed by atoms with Crippen LogP contribution in [0.1, 0.15) is 27.3 Å². The number of benzene rings is 1. The Hall–Kier alpha value is -2.33. The maximum absolute atomic E-state index is 13.4. The zero-order valence-electron chi connectivity index (χ0n) is 14.6. The second kappa shape index (κ2) is 7.35. The van der Waals surface area contributed by atoms with Gasteiger partial charge in [0.1, 0.15) is 0 Å². The number of rotatable bonds is 4. The number of halogens is 3. The van der Waals surface area contributed by atoms with Crippen molar-refractivity contribution >= 4 is 34.1 Å². The Bertz CT molecular complexity index is 994. The van der Waals surface area contributed by atoms with Gasteiger partial charge in [0, 0.05) is 11.4 Å². The number of aromatic nitrogens is 3. The summed E-state index contributed by atoms with van der Waals surface area (Å²) in [5.41, 5.74) is 0.449. The summed E-state index contributed by atoms with van der Waals surface area (Å²) >= 11 is 2.63. The highest BCUT2D eigenvalue weighted by molar-refractivity contribution is 8.00. The van der Waals surface area contributed by atoms with Crippen molar-refractivity contribution in [2.24, 2.45) is 0 Å². The zero-order chi connectivity index (χ0) is 19.8. The summed E-state index contributed by atoms with van der Waals surface area (Å²) in [7, 11) is 0. The highest BCUT2D eigenvalue weighted by Crippen LogP contribution is 2.35. The number of para-hydroxylation sites is 1. The largest absolute Gasteiger partial charge is 0.418 e. The Labute approximate surface area is 161 Å². The standard InChI is InChI=1S/C17H15F3N4OS2/c1-9-8-11(14(25)21-15-22-23-16(26-3)27-15)10(2)24(9)13-7-5-4-6-12(13)17(18,19)20/h4-8H,1-3H3,(H,21,22,25). The van der Waals surface area contributed by atoms with Gasteiger partial charge in [0.15, 0.2) is 4.34 Å². The van der Waals surface area contributed by atoms with Crippen LogP contribution in [0.5, 0.6) is 0 Å². The Morgan fingerprint density at radius 2 is 1.93 bits per heavy atom. The third kappa shape index (κ3) is 3.86. The maximum Gasteiger partial charge on any atom is 0.418 e. The summed E-state index contributed by atoms with van der Waals surface area (Å²) in [4.78, 5) is 12.6. The van der Waals surface area contributed by atoms with Crippen LogP contribution in [0, 0.1) is 13.8 Å². The minimum atomic E-state index is -4.50. The monoisotopic (exact) mass is 412 g/mol. The van der Waals surface area contributed by atoms with Gasteiger partial charge < -0.3 is 4.57 Å². The highest BCUT2D eigenvalue weighted by atomic mass is 32.2. The number of carbonyl (C=O) groups excluding carboxylic acids is 1. The van der Waals surface area contributed by atoms with E-state index in [2.05, 4.69) is 15.5 Å². The average Bonchev–Trinajstić information content (AvgIpc) is 3.18. The lowest BCUT2D eigenvalue weighted by atomic mass is 10.1. The van der Waals surface area contributed by atoms with E-state index in [9.17, 15) is 18.0 Å². The van der Waals surface area contributed by atoms with Gasteiger partial charge in [-0.3, -0.25) is 10.1 Å². The van der Waals surface area contributed by atoms with E-state index in [-0.39, 0.29) is 11.3 Å². The predicted molar refractivity (Wildman–Crippen MR) is 99.9 cm³/mol. The number of aryl methyl sites for hydroxylation is 1. The molecule has 0 aliphatic carbocycles. The molecule has 0 aliphatic rings. The first kappa shape index (κ1) is 19.4. The summed E-state index contributed by atoms with van der Waals surface area (Å²) in [5, 5.41) is 10.8. The molecule has 1 amide bonds. The molecule has 0 saturated heterocycles. The highest BCUT2D eigenvalue weighted by Gasteiger charge is 2.34. The van der Waals surface area contributed by atoms with E-state index >= 15 is 0 Å². The number of anilines is 1. The minimum absolute atomic E-state index is 0.0142. The topological polar surface area (TPSA) is 59.8 Å². The lowest BCUT2D eigenvalue weighted by Crippen LogP contribution is -2.14. The second-order valence-electron chi connectivity index (χ2n) is 5.67. The second-order valence-corrected chi connectivity index (χ2v) is 7.70. The van der Waals surface area contributed by atoms with Crippen LogP contribution in [-0.2, 0) is 6.18 Å². The molecule has 0 radical (unpaired) electrons. The molecule has 3 rings (SSSR count). The van der Waals surface area contributed by atoms with Gasteiger partial charge >= 0.3 is 6.18 Å². The quantitative estimate of drug-likeness (QED) is 0.487. The van der Waals surface area contributed by atoms with E-state index < -0.39 is 17.6 Å². The molecule has 0 unspecified atom stereocenters. The smallest absolute Gasteiger partial charge is 0.317 e. The van der Waals surface area contributed by atoms with Gasteiger partial charge in [0.25, 0.3) is 5.91 Å². The summed E-state index contributed by atoms with van der Waals surface area (Å²) in [6.07, 6.45) is -2.65. The lowest BCUT2D eigenvalue weighted by Gasteiger charge is -2.16. The van der Waals surface area contributed by atoms with Crippen LogP contribution in [0.25, 0.3) is 5.69 Å². The first-order valence-electron chi connectivity index (χ1n) is 7.76. The fraction of sp³-hybridized carbons (Fsp3) is 0.235. The Morgan fingerprint density at radius 1 is 1.22 bits per heavy atom. The fourth-order valence-electron chi connectivity index (χ4n) is 2.78. The molecule has 10 heteroatoms. The number of amides is 1. The van der Waals surface area contributed by atoms with Crippen LogP contribution in [0.15, 0.2) is 34.7 Å². The number of hydrogen-bond acceptors (Lipinski definition) is 5. The van der Waals surface area contributed by atoms with Crippen molar-refractivity contribution in [1.29, 1.82) is 0 Å². The van der Waals surface area contributed by atoms with E-state index in [0.29, 0.717) is 20.9 Å². The Balaban J connectivity index is 2.00. The van der Waals surface area contributed by atoms with E-state index in [1.807, 2.05) is 6.26 Å². The molecular formula is C17H15F3N4OS2. The molecule has 1 aromatic carbocycles. The third-order valence-electron chi connectivity index (χ3n) is 3.93. The van der Waals surface area contributed by atoms with Crippen LogP contribution in [0.2, 0.25) is 0 Å². The molecule has 0 fully saturated rings. The molecule has 2 aromatic heterocycles. The summed E-state index contributed by atoms with van der Waals surface area (Å²) < 4.78 is 42.3. The first-order valence-corrected chi connectivity index (χ1v) is 9.81. The normalized spacial score (nSPS) is 11.6. The van der Waals surface area contributed by atoms with Crippen LogP contribution >= 0.6 is 23.1 Å². The van der Waals surface area contributed by atoms with Crippen molar-refractivity contribution in [2.45, 2.75) is 24.4 Å². The van der Waals surface area contributed by atoms with Gasteiger partial charge in [0.2, 0.25) is 5.13 Å². The molecule has 0 spiro atoms. The van der Waals surface area contributed by atoms with Gasteiger partial charge in [0.05, 0.1) is 16.8 Å². The summed E-state index contributed by atoms with van der Waals surface area (Å²) in [5.74, 6) is -0.442. The molecule has 142 valence electrons. The average molecular weight is 412 g/mol. The first-order chi connectivity index (χ1) is 12.7. The summed E-state index contributed by atoms with van der Waals surface area (Å²) in [6, 6.07) is 6.86. The van der Waals surface area contributed by atoms with Crippen LogP contribution < -0.4 is 5.32 Å². The van der Waals surface area contributed by atoms with Gasteiger partial charge in [-0.05, 0) is 38.3 Å². The predicted octanol–water partition coefficient (Wildman–Crippen LogP) is 4.94. The number of nitrogens with one attached hydrogen (secondary N) is 1. The van der Waals surface area contributed by atoms with E-state index in [4.69, 9.17) is 0 Å². The number of alkyl halides is 3. The number of thioether (sulfide) groups is 1. The van der Waals surface area contributed by atoms with Crippen molar-refractivity contribution in [1.82, 2.24) is 14.8 Å². The van der Waals surface area contributed by atoms with E-state index in [0.717, 1.165) is 6.07 Å². The van der Waals surface area contributed by atoms with Crippen molar-refractivity contribution in [3.8, 4) is 5.69 Å². The van der Waals surface area contributed by atoms with Gasteiger partial charge in [-0.15, -0.1) is 10.2 Å². The maximum atomic E-state index is 13.4. The van der Waals surface area contributed by atoms with Crippen LogP contribution in [0.4, 0.5) is 18.3 Å². The lowest BCUT2D eigenvalue weighted by molar-refractivity contribution is -0.137. The van der Waals surface area contributed by atoms with Crippen molar-refractivity contribution in [3.63, 3.8) is 0 Å². The molecular weight excluding hydrogens is 397 g/mol. The number of nitrogens with zero attached hydrogens (tertiary/aromatic N) is 3. The van der Waals surface area contributed by atoms with E-state index in [1.165, 1.54) is 45.9 Å². The van der Waals surface area contributed by atoms with E-state index in [1.54, 1.807) is 19.9 Å². The van der Waals surface area contributed by atoms with Crippen molar-refractivity contribution in [3.05, 3.63) is 52.8 Å². The van der Waals surface area contributed by atoms with Gasteiger partial charge in [-0.1, -0.05) is 35.2 Å². The summed E-state index contributed by atoms with van der Waals surface area (Å²) in [6.45, 7) is 3.27. The molecule has 0 saturated carbocycles. The molecule has 27 heavy (non-hydrogen) atoms. The zero-order valence-corrected chi connectivity index (χ0v) is 16.2. The Kier molecular flexibility index (Phi) is 5.29.